The Labute approximate surface area is 168 Å². The van der Waals surface area contributed by atoms with E-state index in [2.05, 4.69) is 39.8 Å². The summed E-state index contributed by atoms with van der Waals surface area (Å²) in [5.41, 5.74) is 3.77. The minimum Gasteiger partial charge on any atom is -0.508 e. The van der Waals surface area contributed by atoms with E-state index < -0.39 is 0 Å². The van der Waals surface area contributed by atoms with Gasteiger partial charge in [0.25, 0.3) is 0 Å². The highest BCUT2D eigenvalue weighted by Gasteiger charge is 2.02. The number of ether oxygens (including phenoxy) is 1. The van der Waals surface area contributed by atoms with Crippen molar-refractivity contribution in [2.75, 3.05) is 0 Å². The number of hydrogen-bond donors (Lipinski definition) is 2. The average molecular weight is 379 g/mol. The summed E-state index contributed by atoms with van der Waals surface area (Å²) in [6.45, 7) is 10.7. The second kappa shape index (κ2) is 9.84. The summed E-state index contributed by atoms with van der Waals surface area (Å²) < 4.78 is 5.66. The molecule has 0 aliphatic rings. The second-order valence-electron chi connectivity index (χ2n) is 7.52. The van der Waals surface area contributed by atoms with Crippen molar-refractivity contribution in [3.63, 3.8) is 0 Å². The van der Waals surface area contributed by atoms with E-state index in [4.69, 9.17) is 14.9 Å². The number of phenols is 2. The van der Waals surface area contributed by atoms with Crippen molar-refractivity contribution < 1.29 is 14.9 Å². The van der Waals surface area contributed by atoms with E-state index in [-0.39, 0.29) is 5.75 Å². The van der Waals surface area contributed by atoms with Crippen molar-refractivity contribution in [1.82, 2.24) is 0 Å². The third kappa shape index (κ3) is 6.34. The summed E-state index contributed by atoms with van der Waals surface area (Å²) >= 11 is 0. The van der Waals surface area contributed by atoms with Crippen molar-refractivity contribution in [3.8, 4) is 23.0 Å². The van der Waals surface area contributed by atoms with Crippen LogP contribution in [0.5, 0.6) is 23.0 Å². The maximum Gasteiger partial charge on any atom is 0.127 e. The molecule has 3 aromatic carbocycles. The Kier molecular flexibility index (Phi) is 7.51. The lowest BCUT2D eigenvalue weighted by Gasteiger charge is -2.08. The van der Waals surface area contributed by atoms with Crippen LogP contribution >= 0.6 is 0 Å². The van der Waals surface area contributed by atoms with Crippen LogP contribution in [0, 0.1) is 6.92 Å². The number of aromatic hydroxyl groups is 2. The van der Waals surface area contributed by atoms with E-state index in [0.717, 1.165) is 11.5 Å². The number of hydrogen-bond acceptors (Lipinski definition) is 3. The fourth-order valence-electron chi connectivity index (χ4n) is 2.88. The predicted molar refractivity (Wildman–Crippen MR) is 116 cm³/mol. The van der Waals surface area contributed by atoms with Crippen molar-refractivity contribution in [2.45, 2.75) is 46.5 Å². The molecule has 2 N–H and O–H groups in total. The first-order valence-electron chi connectivity index (χ1n) is 9.62. The maximum atomic E-state index is 9.16. The molecule has 0 saturated carbocycles. The molecule has 0 atom stereocenters. The minimum atomic E-state index is 0.243. The Balaban J connectivity index is 0.000000221. The molecule has 28 heavy (non-hydrogen) atoms. The normalized spacial score (nSPS) is 10.5. The molecule has 0 amide bonds. The third-order valence-electron chi connectivity index (χ3n) is 4.49. The van der Waals surface area contributed by atoms with Crippen LogP contribution in [0.1, 0.15) is 56.2 Å². The van der Waals surface area contributed by atoms with Crippen LogP contribution in [0.4, 0.5) is 0 Å². The first-order valence-corrected chi connectivity index (χ1v) is 9.62. The van der Waals surface area contributed by atoms with Crippen molar-refractivity contribution in [1.29, 1.82) is 0 Å². The highest BCUT2D eigenvalue weighted by atomic mass is 16.5. The highest BCUT2D eigenvalue weighted by molar-refractivity contribution is 5.37. The fourth-order valence-corrected chi connectivity index (χ4v) is 2.88. The molecule has 0 aliphatic heterocycles. The monoisotopic (exact) mass is 378 g/mol. The Morgan fingerprint density at radius 2 is 1.14 bits per heavy atom. The molecule has 0 aliphatic carbocycles. The van der Waals surface area contributed by atoms with E-state index in [1.165, 1.54) is 16.7 Å². The molecule has 0 saturated heterocycles. The molecule has 3 rings (SSSR count). The molecule has 0 bridgehead atoms. The lowest BCUT2D eigenvalue weighted by molar-refractivity contribution is 0.464. The van der Waals surface area contributed by atoms with E-state index in [1.807, 2.05) is 25.1 Å². The van der Waals surface area contributed by atoms with Gasteiger partial charge in [0.05, 0.1) is 0 Å². The summed E-state index contributed by atoms with van der Waals surface area (Å²) in [6.07, 6.45) is 0. The molecule has 3 heteroatoms. The van der Waals surface area contributed by atoms with Gasteiger partial charge in [-0.3, -0.25) is 0 Å². The second-order valence-corrected chi connectivity index (χ2v) is 7.52. The van der Waals surface area contributed by atoms with Crippen LogP contribution in [0.25, 0.3) is 0 Å². The van der Waals surface area contributed by atoms with E-state index in [0.29, 0.717) is 17.6 Å². The first kappa shape index (κ1) is 21.4. The molecule has 0 heterocycles. The molecule has 0 spiro atoms. The van der Waals surface area contributed by atoms with Crippen LogP contribution in [-0.4, -0.2) is 10.2 Å². The summed E-state index contributed by atoms with van der Waals surface area (Å²) in [5, 5.41) is 18.3. The maximum absolute atomic E-state index is 9.16. The number of phenolic OH excluding ortho intramolecular Hbond substituents is 2. The zero-order chi connectivity index (χ0) is 20.7. The average Bonchev–Trinajstić information content (AvgIpc) is 2.64. The molecule has 0 unspecified atom stereocenters. The van der Waals surface area contributed by atoms with Crippen LogP contribution in [0.2, 0.25) is 0 Å². The quantitative estimate of drug-likeness (QED) is 0.507. The van der Waals surface area contributed by atoms with Gasteiger partial charge in [0.2, 0.25) is 0 Å². The van der Waals surface area contributed by atoms with Gasteiger partial charge in [-0.1, -0.05) is 45.9 Å². The standard InChI is InChI=1S/C15H16O2.C10H14O/c1-11(2)12-3-7-14(8-4-12)17-15-9-5-13(16)6-10-15;1-7(2)10-5-4-9(11)6-8(10)3/h3-11,16H,1-2H3;4-7,11H,1-3H3. The minimum absolute atomic E-state index is 0.243. The van der Waals surface area contributed by atoms with Gasteiger partial charge < -0.3 is 14.9 Å². The Morgan fingerprint density at radius 3 is 1.61 bits per heavy atom. The zero-order valence-corrected chi connectivity index (χ0v) is 17.3. The highest BCUT2D eigenvalue weighted by Crippen LogP contribution is 2.25. The molecule has 0 fully saturated rings. The molecule has 0 radical (unpaired) electrons. The van der Waals surface area contributed by atoms with Crippen LogP contribution in [0.3, 0.4) is 0 Å². The number of aryl methyl sites for hydroxylation is 1. The van der Waals surface area contributed by atoms with E-state index in [9.17, 15) is 0 Å². The molecular formula is C25H30O3. The lowest BCUT2D eigenvalue weighted by atomic mass is 9.98. The van der Waals surface area contributed by atoms with Gasteiger partial charge in [-0.05, 0) is 84.0 Å². The van der Waals surface area contributed by atoms with Gasteiger partial charge in [0.1, 0.15) is 23.0 Å². The molecule has 3 nitrogen and oxygen atoms in total. The van der Waals surface area contributed by atoms with E-state index >= 15 is 0 Å². The van der Waals surface area contributed by atoms with Crippen molar-refractivity contribution >= 4 is 0 Å². The Hall–Kier alpha value is -2.94. The zero-order valence-electron chi connectivity index (χ0n) is 17.3. The molecule has 3 aromatic rings. The van der Waals surface area contributed by atoms with E-state index in [1.54, 1.807) is 36.4 Å². The fraction of sp³-hybridized carbons (Fsp3) is 0.280. The largest absolute Gasteiger partial charge is 0.508 e. The SMILES string of the molecule is CC(C)c1ccc(Oc2ccc(O)cc2)cc1.Cc1cc(O)ccc1C(C)C. The number of benzene rings is 3. The summed E-state index contributed by atoms with van der Waals surface area (Å²) in [6, 6.07) is 20.3. The van der Waals surface area contributed by atoms with Crippen molar-refractivity contribution in [2.24, 2.45) is 0 Å². The lowest BCUT2D eigenvalue weighted by Crippen LogP contribution is -1.90. The Bertz CT molecular complexity index is 863. The van der Waals surface area contributed by atoms with Crippen LogP contribution in [-0.2, 0) is 0 Å². The summed E-state index contributed by atoms with van der Waals surface area (Å²) in [7, 11) is 0. The van der Waals surface area contributed by atoms with Gasteiger partial charge in [0.15, 0.2) is 0 Å². The molecule has 148 valence electrons. The van der Waals surface area contributed by atoms with Gasteiger partial charge >= 0.3 is 0 Å². The van der Waals surface area contributed by atoms with Crippen molar-refractivity contribution in [3.05, 3.63) is 83.4 Å². The smallest absolute Gasteiger partial charge is 0.127 e. The third-order valence-corrected chi connectivity index (χ3v) is 4.49. The Morgan fingerprint density at radius 1 is 0.643 bits per heavy atom. The predicted octanol–water partition coefficient (Wildman–Crippen LogP) is 7.13. The topological polar surface area (TPSA) is 49.7 Å². The van der Waals surface area contributed by atoms with Gasteiger partial charge in [-0.2, -0.15) is 0 Å². The summed E-state index contributed by atoms with van der Waals surface area (Å²) in [4.78, 5) is 0. The molecular weight excluding hydrogens is 348 g/mol. The van der Waals surface area contributed by atoms with Crippen LogP contribution in [0.15, 0.2) is 66.7 Å². The van der Waals surface area contributed by atoms with Gasteiger partial charge in [0, 0.05) is 0 Å². The first-order chi connectivity index (χ1) is 13.3. The summed E-state index contributed by atoms with van der Waals surface area (Å²) in [5.74, 6) is 3.19. The molecule has 0 aromatic heterocycles. The van der Waals surface area contributed by atoms with Gasteiger partial charge in [-0.25, -0.2) is 0 Å². The van der Waals surface area contributed by atoms with Crippen LogP contribution < -0.4 is 4.74 Å². The van der Waals surface area contributed by atoms with Gasteiger partial charge in [-0.15, -0.1) is 0 Å². The number of rotatable bonds is 4.